The first-order valence-electron chi connectivity index (χ1n) is 10.4. The number of carbonyl (C=O) groups is 2. The monoisotopic (exact) mass is 405 g/mol. The van der Waals surface area contributed by atoms with Crippen LogP contribution in [0.2, 0.25) is 0 Å². The molecule has 2 aromatic heterocycles. The van der Waals surface area contributed by atoms with Crippen LogP contribution in [0.5, 0.6) is 0 Å². The molecule has 1 N–H and O–H groups in total. The minimum atomic E-state index is -0.0687. The third-order valence-electron chi connectivity index (χ3n) is 5.85. The number of likely N-dealkylation sites (tertiary alicyclic amines) is 1. The van der Waals surface area contributed by atoms with Gasteiger partial charge in [-0.15, -0.1) is 0 Å². The summed E-state index contributed by atoms with van der Waals surface area (Å²) < 4.78 is 7.37. The van der Waals surface area contributed by atoms with Crippen LogP contribution in [0.4, 0.5) is 0 Å². The van der Waals surface area contributed by atoms with E-state index in [2.05, 4.69) is 9.88 Å². The fourth-order valence-electron chi connectivity index (χ4n) is 4.20. The third kappa shape index (κ3) is 4.03. The molecule has 3 heterocycles. The van der Waals surface area contributed by atoms with E-state index in [4.69, 9.17) is 4.42 Å². The fourth-order valence-corrected chi connectivity index (χ4v) is 4.20. The van der Waals surface area contributed by atoms with Gasteiger partial charge in [0.1, 0.15) is 5.76 Å². The molecule has 0 unspecified atom stereocenters. The number of rotatable bonds is 5. The van der Waals surface area contributed by atoms with Crippen molar-refractivity contribution in [3.05, 3.63) is 77.5 Å². The van der Waals surface area contributed by atoms with Crippen molar-refractivity contribution in [3.8, 4) is 5.69 Å². The predicted octanol–water partition coefficient (Wildman–Crippen LogP) is 3.86. The Morgan fingerprint density at radius 3 is 2.47 bits per heavy atom. The van der Waals surface area contributed by atoms with Crippen LogP contribution in [0.1, 0.15) is 40.3 Å². The summed E-state index contributed by atoms with van der Waals surface area (Å²) in [7, 11) is 0. The lowest BCUT2D eigenvalue weighted by atomic mass is 9.95. The number of aryl methyl sites for hydroxylation is 1. The molecule has 1 aromatic carbocycles. The lowest BCUT2D eigenvalue weighted by Gasteiger charge is -2.31. The van der Waals surface area contributed by atoms with Gasteiger partial charge in [-0.3, -0.25) is 9.59 Å². The number of carbonyl (C=O) groups excluding carboxylic acids is 2. The van der Waals surface area contributed by atoms with E-state index in [-0.39, 0.29) is 17.7 Å². The summed E-state index contributed by atoms with van der Waals surface area (Å²) in [4.78, 5) is 27.5. The zero-order valence-electron chi connectivity index (χ0n) is 17.4. The van der Waals surface area contributed by atoms with Crippen LogP contribution in [0.15, 0.2) is 59.2 Å². The Hall–Kier alpha value is -3.28. The van der Waals surface area contributed by atoms with Crippen LogP contribution in [-0.4, -0.2) is 34.4 Å². The van der Waals surface area contributed by atoms with E-state index in [1.165, 1.54) is 0 Å². The van der Waals surface area contributed by atoms with Crippen LogP contribution in [-0.2, 0) is 11.3 Å². The van der Waals surface area contributed by atoms with Crippen molar-refractivity contribution in [3.63, 3.8) is 0 Å². The van der Waals surface area contributed by atoms with Crippen molar-refractivity contribution in [2.45, 2.75) is 33.2 Å². The number of piperidine rings is 1. The summed E-state index contributed by atoms with van der Waals surface area (Å²) in [6.45, 7) is 5.59. The summed E-state index contributed by atoms with van der Waals surface area (Å²) in [5.74, 6) is 0.742. The molecule has 3 aromatic rings. The normalized spacial score (nSPS) is 14.7. The topological polar surface area (TPSA) is 67.5 Å². The molecule has 156 valence electrons. The summed E-state index contributed by atoms with van der Waals surface area (Å²) in [6, 6.07) is 15.7. The van der Waals surface area contributed by atoms with Crippen LogP contribution >= 0.6 is 0 Å². The maximum absolute atomic E-state index is 13.2. The minimum Gasteiger partial charge on any atom is -0.467 e. The van der Waals surface area contributed by atoms with Crippen LogP contribution in [0.3, 0.4) is 0 Å². The van der Waals surface area contributed by atoms with Crippen molar-refractivity contribution < 1.29 is 14.0 Å². The summed E-state index contributed by atoms with van der Waals surface area (Å²) >= 11 is 0. The van der Waals surface area contributed by atoms with Crippen molar-refractivity contribution in [1.29, 1.82) is 0 Å². The van der Waals surface area contributed by atoms with E-state index in [1.54, 1.807) is 12.3 Å². The second-order valence-electron chi connectivity index (χ2n) is 7.82. The van der Waals surface area contributed by atoms with E-state index >= 15 is 0 Å². The number of nitrogens with zero attached hydrogens (tertiary/aromatic N) is 2. The molecule has 6 heteroatoms. The molecule has 0 saturated carbocycles. The lowest BCUT2D eigenvalue weighted by molar-refractivity contribution is -0.126. The average molecular weight is 405 g/mol. The molecule has 6 nitrogen and oxygen atoms in total. The highest BCUT2D eigenvalue weighted by molar-refractivity contribution is 5.96. The Kier molecular flexibility index (Phi) is 5.74. The third-order valence-corrected chi connectivity index (χ3v) is 5.85. The molecule has 30 heavy (non-hydrogen) atoms. The van der Waals surface area contributed by atoms with E-state index in [1.807, 2.05) is 61.2 Å². The van der Waals surface area contributed by atoms with Crippen molar-refractivity contribution >= 4 is 11.8 Å². The molecular weight excluding hydrogens is 378 g/mol. The molecule has 1 saturated heterocycles. The average Bonchev–Trinajstić information content (AvgIpc) is 3.40. The smallest absolute Gasteiger partial charge is 0.255 e. The van der Waals surface area contributed by atoms with Gasteiger partial charge in [-0.25, -0.2) is 0 Å². The van der Waals surface area contributed by atoms with Gasteiger partial charge in [0, 0.05) is 36.1 Å². The summed E-state index contributed by atoms with van der Waals surface area (Å²) in [5, 5.41) is 2.93. The van der Waals surface area contributed by atoms with Gasteiger partial charge in [0.05, 0.1) is 18.4 Å². The highest BCUT2D eigenvalue weighted by Crippen LogP contribution is 2.25. The molecule has 0 atom stereocenters. The van der Waals surface area contributed by atoms with Crippen molar-refractivity contribution in [2.24, 2.45) is 5.92 Å². The van der Waals surface area contributed by atoms with E-state index in [0.29, 0.717) is 32.5 Å². The Balaban J connectivity index is 1.38. The van der Waals surface area contributed by atoms with Crippen LogP contribution in [0.25, 0.3) is 5.69 Å². The standard InChI is InChI=1S/C24H27N3O3/c1-17-15-22(18(2)27(17)20-7-4-3-5-8-20)24(29)26-12-10-19(11-13-26)23(28)25-16-21-9-6-14-30-21/h3-9,14-15,19H,10-13,16H2,1-2H3,(H,25,28). The maximum Gasteiger partial charge on any atom is 0.255 e. The van der Waals surface area contributed by atoms with E-state index < -0.39 is 0 Å². The molecule has 2 amide bonds. The molecule has 0 aliphatic carbocycles. The van der Waals surface area contributed by atoms with Crippen molar-refractivity contribution in [2.75, 3.05) is 13.1 Å². The van der Waals surface area contributed by atoms with Gasteiger partial charge in [0.15, 0.2) is 0 Å². The number of furan rings is 1. The SMILES string of the molecule is Cc1cc(C(=O)N2CCC(C(=O)NCc3ccco3)CC2)c(C)n1-c1ccccc1. The van der Waals surface area contributed by atoms with Gasteiger partial charge < -0.3 is 19.2 Å². The maximum atomic E-state index is 13.2. The summed E-state index contributed by atoms with van der Waals surface area (Å²) in [6.07, 6.45) is 2.95. The molecular formula is C24H27N3O3. The number of aromatic nitrogens is 1. The summed E-state index contributed by atoms with van der Waals surface area (Å²) in [5.41, 5.74) is 3.77. The number of hydrogen-bond acceptors (Lipinski definition) is 3. The van der Waals surface area contributed by atoms with Gasteiger partial charge in [-0.05, 0) is 57.0 Å². The first-order valence-corrected chi connectivity index (χ1v) is 10.4. The molecule has 0 bridgehead atoms. The van der Waals surface area contributed by atoms with Crippen LogP contribution < -0.4 is 5.32 Å². The Labute approximate surface area is 176 Å². The highest BCUT2D eigenvalue weighted by Gasteiger charge is 2.29. The predicted molar refractivity (Wildman–Crippen MR) is 114 cm³/mol. The minimum absolute atomic E-state index is 0.0285. The van der Waals surface area contributed by atoms with Gasteiger partial charge in [-0.1, -0.05) is 18.2 Å². The van der Waals surface area contributed by atoms with Gasteiger partial charge in [-0.2, -0.15) is 0 Å². The Bertz CT molecular complexity index is 1010. The fraction of sp³-hybridized carbons (Fsp3) is 0.333. The number of hydrogen-bond donors (Lipinski definition) is 1. The Morgan fingerprint density at radius 1 is 1.07 bits per heavy atom. The Morgan fingerprint density at radius 2 is 1.80 bits per heavy atom. The molecule has 1 fully saturated rings. The molecule has 4 rings (SSSR count). The van der Waals surface area contributed by atoms with Crippen LogP contribution in [0, 0.1) is 19.8 Å². The molecule has 0 spiro atoms. The van der Waals surface area contributed by atoms with Crippen molar-refractivity contribution in [1.82, 2.24) is 14.8 Å². The first-order chi connectivity index (χ1) is 14.5. The number of amides is 2. The zero-order valence-corrected chi connectivity index (χ0v) is 17.4. The molecule has 1 aliphatic rings. The number of nitrogens with one attached hydrogen (secondary N) is 1. The van der Waals surface area contributed by atoms with Gasteiger partial charge in [0.2, 0.25) is 5.91 Å². The molecule has 1 aliphatic heterocycles. The number of para-hydroxylation sites is 1. The van der Waals surface area contributed by atoms with E-state index in [9.17, 15) is 9.59 Å². The van der Waals surface area contributed by atoms with Gasteiger partial charge >= 0.3 is 0 Å². The van der Waals surface area contributed by atoms with E-state index in [0.717, 1.165) is 28.4 Å². The zero-order chi connectivity index (χ0) is 21.1. The number of benzene rings is 1. The first kappa shape index (κ1) is 20.0. The largest absolute Gasteiger partial charge is 0.467 e. The van der Waals surface area contributed by atoms with Gasteiger partial charge in [0.25, 0.3) is 5.91 Å². The molecule has 0 radical (unpaired) electrons. The second kappa shape index (κ2) is 8.61. The quantitative estimate of drug-likeness (QED) is 0.701. The second-order valence-corrected chi connectivity index (χ2v) is 7.82. The highest BCUT2D eigenvalue weighted by atomic mass is 16.3. The lowest BCUT2D eigenvalue weighted by Crippen LogP contribution is -2.43.